The summed E-state index contributed by atoms with van der Waals surface area (Å²) in [5.41, 5.74) is 6.49. The molecule has 0 fully saturated rings. The number of H-pyrrole nitrogens is 1. The van der Waals surface area contributed by atoms with Gasteiger partial charge in [-0.2, -0.15) is 5.10 Å². The Morgan fingerprint density at radius 3 is 2.78 bits per heavy atom. The smallest absolute Gasteiger partial charge is 0.264 e. The summed E-state index contributed by atoms with van der Waals surface area (Å²) in [6.07, 6.45) is 2.61. The van der Waals surface area contributed by atoms with Crippen LogP contribution in [-0.4, -0.2) is 18.6 Å². The number of aromatic nitrogens is 2. The number of benzene rings is 1. The van der Waals surface area contributed by atoms with E-state index in [9.17, 15) is 12.8 Å². The fraction of sp³-hybridized carbons (Fsp3) is 0.100. The number of nitrogens with zero attached hydrogens (tertiary/aromatic N) is 1. The number of nitrogens with one attached hydrogen (secondary N) is 2. The van der Waals surface area contributed by atoms with Gasteiger partial charge in [0.05, 0.1) is 11.9 Å². The average molecular weight is 270 g/mol. The third kappa shape index (κ3) is 2.28. The second-order valence-electron chi connectivity index (χ2n) is 3.73. The minimum atomic E-state index is -4.02. The molecular weight excluding hydrogens is 259 g/mol. The number of rotatable bonds is 3. The molecule has 0 saturated heterocycles. The van der Waals surface area contributed by atoms with E-state index in [1.54, 1.807) is 6.92 Å². The van der Waals surface area contributed by atoms with Crippen molar-refractivity contribution in [3.05, 3.63) is 35.9 Å². The number of hydrogen-bond donors (Lipinski definition) is 3. The van der Waals surface area contributed by atoms with Gasteiger partial charge in [0.25, 0.3) is 10.0 Å². The first-order valence-electron chi connectivity index (χ1n) is 4.97. The fourth-order valence-corrected chi connectivity index (χ4v) is 2.52. The zero-order valence-electron chi connectivity index (χ0n) is 9.44. The molecule has 18 heavy (non-hydrogen) atoms. The second kappa shape index (κ2) is 4.30. The molecule has 0 saturated carbocycles. The summed E-state index contributed by atoms with van der Waals surface area (Å²) in [7, 11) is -4.02. The van der Waals surface area contributed by atoms with Crippen molar-refractivity contribution in [2.45, 2.75) is 11.8 Å². The lowest BCUT2D eigenvalue weighted by Gasteiger charge is -2.09. The van der Waals surface area contributed by atoms with Gasteiger partial charge < -0.3 is 5.73 Å². The maximum Gasteiger partial charge on any atom is 0.264 e. The summed E-state index contributed by atoms with van der Waals surface area (Å²) in [5, 5.41) is 6.03. The largest absolute Gasteiger partial charge is 0.398 e. The van der Waals surface area contributed by atoms with Crippen molar-refractivity contribution in [3.63, 3.8) is 0 Å². The highest BCUT2D eigenvalue weighted by molar-refractivity contribution is 7.92. The van der Waals surface area contributed by atoms with Crippen molar-refractivity contribution in [1.29, 1.82) is 0 Å². The summed E-state index contributed by atoms with van der Waals surface area (Å²) < 4.78 is 39.7. The van der Waals surface area contributed by atoms with E-state index in [0.29, 0.717) is 5.56 Å². The number of nitrogen functional groups attached to an aromatic ring is 1. The van der Waals surface area contributed by atoms with E-state index in [0.717, 1.165) is 12.1 Å². The maximum atomic E-state index is 13.7. The number of aromatic amines is 1. The van der Waals surface area contributed by atoms with Crippen LogP contribution in [0.4, 0.5) is 15.8 Å². The van der Waals surface area contributed by atoms with E-state index in [4.69, 9.17) is 5.73 Å². The first kappa shape index (κ1) is 12.4. The molecule has 0 aliphatic heterocycles. The molecule has 0 radical (unpaired) electrons. The molecule has 0 unspecified atom stereocenters. The summed E-state index contributed by atoms with van der Waals surface area (Å²) in [5.74, 6) is -0.849. The van der Waals surface area contributed by atoms with Gasteiger partial charge in [0, 0.05) is 11.9 Å². The van der Waals surface area contributed by atoms with Gasteiger partial charge in [-0.15, -0.1) is 0 Å². The van der Waals surface area contributed by atoms with Crippen molar-refractivity contribution in [2.75, 3.05) is 10.5 Å². The van der Waals surface area contributed by atoms with Crippen LogP contribution >= 0.6 is 0 Å². The maximum absolute atomic E-state index is 13.7. The molecule has 0 aliphatic rings. The zero-order valence-corrected chi connectivity index (χ0v) is 10.3. The Balaban J connectivity index is 2.44. The van der Waals surface area contributed by atoms with Gasteiger partial charge in [0.2, 0.25) is 0 Å². The highest BCUT2D eigenvalue weighted by atomic mass is 32.2. The Morgan fingerprint density at radius 1 is 1.44 bits per heavy atom. The molecule has 2 rings (SSSR count). The predicted molar refractivity (Wildman–Crippen MR) is 64.9 cm³/mol. The summed E-state index contributed by atoms with van der Waals surface area (Å²) in [6.45, 7) is 1.60. The van der Waals surface area contributed by atoms with Gasteiger partial charge >= 0.3 is 0 Å². The molecule has 4 N–H and O–H groups in total. The Morgan fingerprint density at radius 2 is 2.17 bits per heavy atom. The quantitative estimate of drug-likeness (QED) is 0.730. The Kier molecular flexibility index (Phi) is 2.95. The first-order chi connectivity index (χ1) is 8.40. The number of halogens is 1. The summed E-state index contributed by atoms with van der Waals surface area (Å²) in [6, 6.07) is 2.17. The van der Waals surface area contributed by atoms with Crippen LogP contribution in [0, 0.1) is 12.7 Å². The summed E-state index contributed by atoms with van der Waals surface area (Å²) >= 11 is 0. The van der Waals surface area contributed by atoms with Crippen molar-refractivity contribution < 1.29 is 12.8 Å². The van der Waals surface area contributed by atoms with E-state index in [1.165, 1.54) is 12.4 Å². The lowest BCUT2D eigenvalue weighted by Crippen LogP contribution is -2.15. The van der Waals surface area contributed by atoms with Gasteiger partial charge in [-0.3, -0.25) is 9.82 Å². The van der Waals surface area contributed by atoms with E-state index < -0.39 is 20.7 Å². The molecule has 96 valence electrons. The number of sulfonamides is 1. The van der Waals surface area contributed by atoms with Crippen molar-refractivity contribution >= 4 is 21.4 Å². The van der Waals surface area contributed by atoms with Crippen LogP contribution in [0.15, 0.2) is 29.4 Å². The molecule has 6 nitrogen and oxygen atoms in total. The Bertz CT molecular complexity index is 667. The second-order valence-corrected chi connectivity index (χ2v) is 5.38. The van der Waals surface area contributed by atoms with Crippen molar-refractivity contribution in [1.82, 2.24) is 10.2 Å². The third-order valence-corrected chi connectivity index (χ3v) is 3.76. The zero-order chi connectivity index (χ0) is 13.3. The third-order valence-electron chi connectivity index (χ3n) is 2.36. The predicted octanol–water partition coefficient (Wildman–Crippen LogP) is 1.24. The highest BCUT2D eigenvalue weighted by Gasteiger charge is 2.20. The molecule has 0 amide bonds. The van der Waals surface area contributed by atoms with Crippen LogP contribution in [0.1, 0.15) is 5.56 Å². The number of hydrogen-bond acceptors (Lipinski definition) is 4. The van der Waals surface area contributed by atoms with Gasteiger partial charge in [-0.05, 0) is 24.6 Å². The first-order valence-corrected chi connectivity index (χ1v) is 6.45. The molecule has 0 atom stereocenters. The van der Waals surface area contributed by atoms with Crippen molar-refractivity contribution in [2.24, 2.45) is 0 Å². The van der Waals surface area contributed by atoms with E-state index in [1.807, 2.05) is 0 Å². The number of anilines is 2. The van der Waals surface area contributed by atoms with Gasteiger partial charge in [0.1, 0.15) is 10.7 Å². The highest BCUT2D eigenvalue weighted by Crippen LogP contribution is 2.23. The van der Waals surface area contributed by atoms with Gasteiger partial charge in [0.15, 0.2) is 0 Å². The van der Waals surface area contributed by atoms with Crippen LogP contribution in [0.3, 0.4) is 0 Å². The van der Waals surface area contributed by atoms with Gasteiger partial charge in [-0.1, -0.05) is 0 Å². The number of nitrogens with two attached hydrogens (primary N) is 1. The van der Waals surface area contributed by atoms with Crippen LogP contribution in [0.5, 0.6) is 0 Å². The van der Waals surface area contributed by atoms with Crippen LogP contribution < -0.4 is 10.5 Å². The molecule has 0 spiro atoms. The molecule has 2 aromatic rings. The standard InChI is InChI=1S/C10H11FN4O2S/c1-6-2-8(11)10(3-9(6)12)18(16,17)15-7-4-13-14-5-7/h2-5,15H,12H2,1H3,(H,13,14). The normalized spacial score (nSPS) is 11.4. The van der Waals surface area contributed by atoms with E-state index in [2.05, 4.69) is 14.9 Å². The van der Waals surface area contributed by atoms with Crippen LogP contribution in [-0.2, 0) is 10.0 Å². The lowest BCUT2D eigenvalue weighted by atomic mass is 10.2. The molecule has 0 bridgehead atoms. The molecule has 8 heteroatoms. The Labute approximate surface area is 103 Å². The van der Waals surface area contributed by atoms with E-state index in [-0.39, 0.29) is 11.4 Å². The minimum absolute atomic E-state index is 0.212. The van der Waals surface area contributed by atoms with E-state index >= 15 is 0 Å². The molecule has 1 aromatic heterocycles. The van der Waals surface area contributed by atoms with Crippen LogP contribution in [0.25, 0.3) is 0 Å². The Hall–Kier alpha value is -2.09. The SMILES string of the molecule is Cc1cc(F)c(S(=O)(=O)Nc2cn[nH]c2)cc1N. The minimum Gasteiger partial charge on any atom is -0.398 e. The van der Waals surface area contributed by atoms with Gasteiger partial charge in [-0.25, -0.2) is 12.8 Å². The number of aryl methyl sites for hydroxylation is 1. The molecule has 1 aromatic carbocycles. The monoisotopic (exact) mass is 270 g/mol. The van der Waals surface area contributed by atoms with Crippen LogP contribution in [0.2, 0.25) is 0 Å². The molecular formula is C10H11FN4O2S. The molecule has 1 heterocycles. The topological polar surface area (TPSA) is 101 Å². The fourth-order valence-electron chi connectivity index (χ4n) is 1.39. The average Bonchev–Trinajstić information content (AvgIpc) is 2.75. The summed E-state index contributed by atoms with van der Waals surface area (Å²) in [4.78, 5) is -0.494. The van der Waals surface area contributed by atoms with Crippen molar-refractivity contribution in [3.8, 4) is 0 Å². The lowest BCUT2D eigenvalue weighted by molar-refractivity contribution is 0.570. The molecule has 0 aliphatic carbocycles.